The second kappa shape index (κ2) is 5.68. The van der Waals surface area contributed by atoms with E-state index in [2.05, 4.69) is 10.9 Å². The number of para-hydroxylation sites is 1. The van der Waals surface area contributed by atoms with Gasteiger partial charge < -0.3 is 4.74 Å². The standard InChI is InChI=1S/C13H20N2O2/c1-10(2)14-15-12(16)13(3,4)17-11-8-6-5-7-9-11/h5-10,14H,1-4H3,(H,15,16). The van der Waals surface area contributed by atoms with Gasteiger partial charge in [0.05, 0.1) is 0 Å². The molecular weight excluding hydrogens is 216 g/mol. The highest BCUT2D eigenvalue weighted by Gasteiger charge is 2.29. The van der Waals surface area contributed by atoms with Crippen LogP contribution in [0.4, 0.5) is 0 Å². The molecule has 0 spiro atoms. The van der Waals surface area contributed by atoms with Crippen LogP contribution in [0.1, 0.15) is 27.7 Å². The van der Waals surface area contributed by atoms with E-state index in [-0.39, 0.29) is 11.9 Å². The smallest absolute Gasteiger partial charge is 0.277 e. The SMILES string of the molecule is CC(C)NNC(=O)C(C)(C)Oc1ccccc1. The van der Waals surface area contributed by atoms with Crippen molar-refractivity contribution in [3.63, 3.8) is 0 Å². The van der Waals surface area contributed by atoms with Gasteiger partial charge in [0.25, 0.3) is 5.91 Å². The summed E-state index contributed by atoms with van der Waals surface area (Å²) in [6, 6.07) is 9.48. The van der Waals surface area contributed by atoms with E-state index < -0.39 is 5.60 Å². The zero-order valence-corrected chi connectivity index (χ0v) is 10.8. The molecule has 0 radical (unpaired) electrons. The Bertz CT molecular complexity index is 361. The number of rotatable bonds is 5. The Balaban J connectivity index is 2.58. The first kappa shape index (κ1) is 13.5. The van der Waals surface area contributed by atoms with E-state index in [1.807, 2.05) is 44.2 Å². The topological polar surface area (TPSA) is 50.4 Å². The molecule has 4 nitrogen and oxygen atoms in total. The normalized spacial score (nSPS) is 11.4. The second-order valence-electron chi connectivity index (χ2n) is 4.68. The lowest BCUT2D eigenvalue weighted by Crippen LogP contribution is -2.53. The van der Waals surface area contributed by atoms with Gasteiger partial charge in [-0.05, 0) is 39.8 Å². The molecule has 0 aromatic heterocycles. The molecule has 0 saturated carbocycles. The Morgan fingerprint density at radius 1 is 1.24 bits per heavy atom. The third-order valence-electron chi connectivity index (χ3n) is 2.14. The minimum atomic E-state index is -0.913. The van der Waals surface area contributed by atoms with Crippen LogP contribution < -0.4 is 15.6 Å². The molecular formula is C13H20N2O2. The van der Waals surface area contributed by atoms with Gasteiger partial charge in [0, 0.05) is 6.04 Å². The summed E-state index contributed by atoms with van der Waals surface area (Å²) in [5.74, 6) is 0.479. The molecule has 17 heavy (non-hydrogen) atoms. The van der Waals surface area contributed by atoms with E-state index in [0.29, 0.717) is 5.75 Å². The van der Waals surface area contributed by atoms with Gasteiger partial charge in [-0.15, -0.1) is 0 Å². The molecule has 0 heterocycles. The molecule has 0 unspecified atom stereocenters. The molecule has 1 aromatic carbocycles. The quantitative estimate of drug-likeness (QED) is 0.767. The highest BCUT2D eigenvalue weighted by Crippen LogP contribution is 2.17. The number of amides is 1. The van der Waals surface area contributed by atoms with E-state index in [9.17, 15) is 4.79 Å². The van der Waals surface area contributed by atoms with Gasteiger partial charge >= 0.3 is 0 Å². The molecule has 0 aliphatic rings. The molecule has 1 aromatic rings. The lowest BCUT2D eigenvalue weighted by atomic mass is 10.1. The number of hydrogen-bond acceptors (Lipinski definition) is 3. The number of hydrazine groups is 1. The van der Waals surface area contributed by atoms with E-state index in [4.69, 9.17) is 4.74 Å². The van der Waals surface area contributed by atoms with Gasteiger partial charge in [0.1, 0.15) is 5.75 Å². The zero-order chi connectivity index (χ0) is 12.9. The number of carbonyl (C=O) groups excluding carboxylic acids is 1. The van der Waals surface area contributed by atoms with Crippen LogP contribution in [0.5, 0.6) is 5.75 Å². The summed E-state index contributed by atoms with van der Waals surface area (Å²) >= 11 is 0. The summed E-state index contributed by atoms with van der Waals surface area (Å²) in [6.45, 7) is 7.37. The summed E-state index contributed by atoms with van der Waals surface area (Å²) in [6.07, 6.45) is 0. The van der Waals surface area contributed by atoms with Crippen LogP contribution in [0.15, 0.2) is 30.3 Å². The van der Waals surface area contributed by atoms with Crippen LogP contribution in [0, 0.1) is 0 Å². The Kier molecular flexibility index (Phi) is 4.52. The van der Waals surface area contributed by atoms with Crippen LogP contribution >= 0.6 is 0 Å². The van der Waals surface area contributed by atoms with Crippen molar-refractivity contribution < 1.29 is 9.53 Å². The van der Waals surface area contributed by atoms with Crippen LogP contribution in [0.25, 0.3) is 0 Å². The number of benzene rings is 1. The Morgan fingerprint density at radius 2 is 1.82 bits per heavy atom. The first-order valence-corrected chi connectivity index (χ1v) is 5.72. The second-order valence-corrected chi connectivity index (χ2v) is 4.68. The van der Waals surface area contributed by atoms with Crippen LogP contribution in [-0.4, -0.2) is 17.6 Å². The fourth-order valence-corrected chi connectivity index (χ4v) is 1.19. The summed E-state index contributed by atoms with van der Waals surface area (Å²) in [5, 5.41) is 0. The number of ether oxygens (including phenoxy) is 1. The summed E-state index contributed by atoms with van der Waals surface area (Å²) in [5.41, 5.74) is 4.57. The molecule has 1 rings (SSSR count). The summed E-state index contributed by atoms with van der Waals surface area (Å²) < 4.78 is 5.64. The van der Waals surface area contributed by atoms with Crippen molar-refractivity contribution in [2.75, 3.05) is 0 Å². The van der Waals surface area contributed by atoms with E-state index in [0.717, 1.165) is 0 Å². The molecule has 0 fully saturated rings. The monoisotopic (exact) mass is 236 g/mol. The summed E-state index contributed by atoms with van der Waals surface area (Å²) in [4.78, 5) is 11.9. The highest BCUT2D eigenvalue weighted by atomic mass is 16.5. The third-order valence-corrected chi connectivity index (χ3v) is 2.14. The van der Waals surface area contributed by atoms with Crippen LogP contribution in [0.3, 0.4) is 0 Å². The van der Waals surface area contributed by atoms with E-state index in [1.165, 1.54) is 0 Å². The van der Waals surface area contributed by atoms with Crippen molar-refractivity contribution in [2.45, 2.75) is 39.3 Å². The largest absolute Gasteiger partial charge is 0.478 e. The number of hydrogen-bond donors (Lipinski definition) is 2. The predicted octanol–water partition coefficient (Wildman–Crippen LogP) is 1.87. The van der Waals surface area contributed by atoms with Gasteiger partial charge in [-0.3, -0.25) is 10.2 Å². The Hall–Kier alpha value is -1.55. The molecule has 0 bridgehead atoms. The summed E-state index contributed by atoms with van der Waals surface area (Å²) in [7, 11) is 0. The van der Waals surface area contributed by atoms with Crippen molar-refractivity contribution >= 4 is 5.91 Å². The minimum Gasteiger partial charge on any atom is -0.478 e. The van der Waals surface area contributed by atoms with Gasteiger partial charge in [-0.25, -0.2) is 5.43 Å². The maximum atomic E-state index is 11.9. The molecule has 0 aliphatic heterocycles. The lowest BCUT2D eigenvalue weighted by Gasteiger charge is -2.26. The molecule has 0 saturated heterocycles. The molecule has 94 valence electrons. The maximum Gasteiger partial charge on any atom is 0.277 e. The van der Waals surface area contributed by atoms with Gasteiger partial charge in [0.15, 0.2) is 5.60 Å². The molecule has 0 atom stereocenters. The minimum absolute atomic E-state index is 0.187. The van der Waals surface area contributed by atoms with Gasteiger partial charge in [-0.2, -0.15) is 0 Å². The molecule has 2 N–H and O–H groups in total. The molecule has 0 aliphatic carbocycles. The average molecular weight is 236 g/mol. The Morgan fingerprint density at radius 3 is 2.35 bits per heavy atom. The first-order valence-electron chi connectivity index (χ1n) is 5.72. The van der Waals surface area contributed by atoms with Crippen LogP contribution in [0.2, 0.25) is 0 Å². The van der Waals surface area contributed by atoms with Crippen molar-refractivity contribution in [1.29, 1.82) is 0 Å². The van der Waals surface area contributed by atoms with E-state index in [1.54, 1.807) is 13.8 Å². The third kappa shape index (κ3) is 4.44. The fraction of sp³-hybridized carbons (Fsp3) is 0.462. The van der Waals surface area contributed by atoms with Gasteiger partial charge in [-0.1, -0.05) is 18.2 Å². The van der Waals surface area contributed by atoms with Gasteiger partial charge in [0.2, 0.25) is 0 Å². The zero-order valence-electron chi connectivity index (χ0n) is 10.8. The van der Waals surface area contributed by atoms with Crippen molar-refractivity contribution in [3.05, 3.63) is 30.3 Å². The maximum absolute atomic E-state index is 11.9. The highest BCUT2D eigenvalue weighted by molar-refractivity contribution is 5.84. The number of carbonyl (C=O) groups is 1. The first-order chi connectivity index (χ1) is 7.92. The fourth-order valence-electron chi connectivity index (χ4n) is 1.19. The molecule has 4 heteroatoms. The Labute approximate surface area is 102 Å². The predicted molar refractivity (Wildman–Crippen MR) is 67.6 cm³/mol. The van der Waals surface area contributed by atoms with Crippen molar-refractivity contribution in [1.82, 2.24) is 10.9 Å². The lowest BCUT2D eigenvalue weighted by molar-refractivity contribution is -0.135. The average Bonchev–Trinajstić information content (AvgIpc) is 2.26. The van der Waals surface area contributed by atoms with E-state index >= 15 is 0 Å². The van der Waals surface area contributed by atoms with Crippen molar-refractivity contribution in [3.8, 4) is 5.75 Å². The molecule has 1 amide bonds. The van der Waals surface area contributed by atoms with Crippen molar-refractivity contribution in [2.24, 2.45) is 0 Å². The number of nitrogens with one attached hydrogen (secondary N) is 2. The van der Waals surface area contributed by atoms with Crippen LogP contribution in [-0.2, 0) is 4.79 Å².